The van der Waals surface area contributed by atoms with E-state index in [4.69, 9.17) is 4.74 Å². The first-order valence-corrected chi connectivity index (χ1v) is 7.20. The Morgan fingerprint density at radius 2 is 1.76 bits per heavy atom. The third-order valence-corrected chi connectivity index (χ3v) is 3.24. The molecule has 0 saturated heterocycles. The number of carbonyl (C=O) groups is 2. The minimum absolute atomic E-state index is 0.0109. The molecule has 2 aromatic rings. The molecule has 0 heterocycles. The normalized spacial score (nSPS) is 10.9. The van der Waals surface area contributed by atoms with E-state index in [1.807, 2.05) is 6.07 Å². The number of benzene rings is 2. The average molecular weight is 352 g/mol. The first-order valence-electron chi connectivity index (χ1n) is 7.20. The SMILES string of the molecule is CN(C(=O)C(F)(F)F)c1cccc(NC(=O)OCc2ccccc2)c1. The Morgan fingerprint density at radius 3 is 2.40 bits per heavy atom. The van der Waals surface area contributed by atoms with Crippen molar-refractivity contribution in [1.29, 1.82) is 0 Å². The number of hydrogen-bond donors (Lipinski definition) is 1. The van der Waals surface area contributed by atoms with E-state index >= 15 is 0 Å². The van der Waals surface area contributed by atoms with Gasteiger partial charge in [-0.05, 0) is 23.8 Å². The van der Waals surface area contributed by atoms with Crippen LogP contribution in [0, 0.1) is 0 Å². The van der Waals surface area contributed by atoms with Gasteiger partial charge in [-0.3, -0.25) is 10.1 Å². The first kappa shape index (κ1) is 18.3. The largest absolute Gasteiger partial charge is 0.471 e. The number of rotatable bonds is 4. The van der Waals surface area contributed by atoms with Gasteiger partial charge in [0.25, 0.3) is 0 Å². The van der Waals surface area contributed by atoms with Crippen LogP contribution in [0.15, 0.2) is 54.6 Å². The molecule has 5 nitrogen and oxygen atoms in total. The number of amides is 2. The van der Waals surface area contributed by atoms with Crippen LogP contribution in [0.3, 0.4) is 0 Å². The predicted octanol–water partition coefficient (Wildman–Crippen LogP) is 3.96. The lowest BCUT2D eigenvalue weighted by Crippen LogP contribution is -2.38. The van der Waals surface area contributed by atoms with Gasteiger partial charge < -0.3 is 9.64 Å². The fourth-order valence-electron chi connectivity index (χ4n) is 1.98. The summed E-state index contributed by atoms with van der Waals surface area (Å²) in [5.41, 5.74) is 0.988. The third-order valence-electron chi connectivity index (χ3n) is 3.24. The highest BCUT2D eigenvalue weighted by Gasteiger charge is 2.41. The quantitative estimate of drug-likeness (QED) is 0.906. The maximum atomic E-state index is 12.5. The molecule has 0 aliphatic heterocycles. The van der Waals surface area contributed by atoms with Gasteiger partial charge in [0.2, 0.25) is 0 Å². The highest BCUT2D eigenvalue weighted by molar-refractivity contribution is 5.97. The van der Waals surface area contributed by atoms with Crippen molar-refractivity contribution in [3.8, 4) is 0 Å². The lowest BCUT2D eigenvalue weighted by Gasteiger charge is -2.19. The molecule has 0 spiro atoms. The number of carbonyl (C=O) groups excluding carboxylic acids is 2. The zero-order chi connectivity index (χ0) is 18.4. The molecule has 0 saturated carbocycles. The van der Waals surface area contributed by atoms with Crippen LogP contribution >= 0.6 is 0 Å². The Hall–Kier alpha value is -3.03. The topological polar surface area (TPSA) is 58.6 Å². The van der Waals surface area contributed by atoms with Gasteiger partial charge in [-0.15, -0.1) is 0 Å². The first-order chi connectivity index (χ1) is 11.8. The molecule has 2 aromatic carbocycles. The number of ether oxygens (including phenoxy) is 1. The fraction of sp³-hybridized carbons (Fsp3) is 0.176. The van der Waals surface area contributed by atoms with Crippen LogP contribution in [0.25, 0.3) is 0 Å². The van der Waals surface area contributed by atoms with E-state index in [1.54, 1.807) is 24.3 Å². The number of anilines is 2. The molecule has 8 heteroatoms. The Morgan fingerprint density at radius 1 is 1.08 bits per heavy atom. The van der Waals surface area contributed by atoms with Crippen molar-refractivity contribution in [2.24, 2.45) is 0 Å². The molecule has 25 heavy (non-hydrogen) atoms. The third kappa shape index (κ3) is 5.23. The number of hydrogen-bond acceptors (Lipinski definition) is 3. The molecule has 132 valence electrons. The monoisotopic (exact) mass is 352 g/mol. The van der Waals surface area contributed by atoms with Gasteiger partial charge in [-0.1, -0.05) is 36.4 Å². The van der Waals surface area contributed by atoms with Crippen molar-refractivity contribution in [3.05, 3.63) is 60.2 Å². The number of nitrogens with one attached hydrogen (secondary N) is 1. The van der Waals surface area contributed by atoms with E-state index in [0.29, 0.717) is 4.90 Å². The molecular weight excluding hydrogens is 337 g/mol. The summed E-state index contributed by atoms with van der Waals surface area (Å²) >= 11 is 0. The van der Waals surface area contributed by atoms with Crippen LogP contribution in [-0.2, 0) is 16.1 Å². The Labute approximate surface area is 142 Å². The van der Waals surface area contributed by atoms with E-state index in [-0.39, 0.29) is 18.0 Å². The van der Waals surface area contributed by atoms with Crippen LogP contribution in [0.5, 0.6) is 0 Å². The highest BCUT2D eigenvalue weighted by atomic mass is 19.4. The molecule has 0 aliphatic carbocycles. The maximum Gasteiger partial charge on any atom is 0.471 e. The number of nitrogens with zero attached hydrogens (tertiary/aromatic N) is 1. The highest BCUT2D eigenvalue weighted by Crippen LogP contribution is 2.24. The summed E-state index contributed by atoms with van der Waals surface area (Å²) in [5, 5.41) is 2.40. The van der Waals surface area contributed by atoms with E-state index in [2.05, 4.69) is 5.32 Å². The summed E-state index contributed by atoms with van der Waals surface area (Å²) in [6.45, 7) is 0.0544. The van der Waals surface area contributed by atoms with Crippen molar-refractivity contribution < 1.29 is 27.5 Å². The van der Waals surface area contributed by atoms with Crippen molar-refractivity contribution in [2.75, 3.05) is 17.3 Å². The zero-order valence-electron chi connectivity index (χ0n) is 13.2. The Bertz CT molecular complexity index is 748. The Kier molecular flexibility index (Phi) is 5.63. The lowest BCUT2D eigenvalue weighted by molar-refractivity contribution is -0.170. The molecule has 0 radical (unpaired) electrons. The van der Waals surface area contributed by atoms with Gasteiger partial charge in [0, 0.05) is 18.4 Å². The second kappa shape index (κ2) is 7.69. The van der Waals surface area contributed by atoms with E-state index in [1.165, 1.54) is 24.3 Å². The predicted molar refractivity (Wildman–Crippen MR) is 86.2 cm³/mol. The molecule has 0 aromatic heterocycles. The Balaban J connectivity index is 1.99. The number of alkyl halides is 3. The van der Waals surface area contributed by atoms with Crippen molar-refractivity contribution >= 4 is 23.4 Å². The van der Waals surface area contributed by atoms with Crippen LogP contribution in [0.2, 0.25) is 0 Å². The molecule has 0 atom stereocenters. The summed E-state index contributed by atoms with van der Waals surface area (Å²) in [4.78, 5) is 23.5. The van der Waals surface area contributed by atoms with Crippen LogP contribution in [0.4, 0.5) is 29.3 Å². The zero-order valence-corrected chi connectivity index (χ0v) is 13.2. The minimum Gasteiger partial charge on any atom is -0.444 e. The van der Waals surface area contributed by atoms with Gasteiger partial charge >= 0.3 is 18.2 Å². The van der Waals surface area contributed by atoms with Crippen molar-refractivity contribution in [2.45, 2.75) is 12.8 Å². The molecule has 1 N–H and O–H groups in total. The van der Waals surface area contributed by atoms with Crippen LogP contribution in [0.1, 0.15) is 5.56 Å². The minimum atomic E-state index is -4.98. The van der Waals surface area contributed by atoms with Gasteiger partial charge in [0.15, 0.2) is 0 Å². The molecule has 2 amide bonds. The van der Waals surface area contributed by atoms with Crippen LogP contribution in [-0.4, -0.2) is 25.2 Å². The molecule has 0 bridgehead atoms. The average Bonchev–Trinajstić information content (AvgIpc) is 2.59. The molecule has 0 fully saturated rings. The summed E-state index contributed by atoms with van der Waals surface area (Å²) in [7, 11) is 1.00. The molecular formula is C17H15F3N2O3. The number of halogens is 3. The lowest BCUT2D eigenvalue weighted by atomic mass is 10.2. The van der Waals surface area contributed by atoms with Crippen LogP contribution < -0.4 is 10.2 Å². The summed E-state index contributed by atoms with van der Waals surface area (Å²) in [6, 6.07) is 14.4. The van der Waals surface area contributed by atoms with Crippen molar-refractivity contribution in [1.82, 2.24) is 0 Å². The smallest absolute Gasteiger partial charge is 0.444 e. The fourth-order valence-corrected chi connectivity index (χ4v) is 1.98. The molecule has 2 rings (SSSR count). The van der Waals surface area contributed by atoms with Gasteiger partial charge in [-0.2, -0.15) is 13.2 Å². The second-order valence-corrected chi connectivity index (χ2v) is 5.10. The van der Waals surface area contributed by atoms with Crippen molar-refractivity contribution in [3.63, 3.8) is 0 Å². The van der Waals surface area contributed by atoms with Gasteiger partial charge in [0.1, 0.15) is 6.61 Å². The summed E-state index contributed by atoms with van der Waals surface area (Å²) in [6.07, 6.45) is -5.74. The van der Waals surface area contributed by atoms with Gasteiger partial charge in [0.05, 0.1) is 0 Å². The summed E-state index contributed by atoms with van der Waals surface area (Å²) < 4.78 is 42.5. The second-order valence-electron chi connectivity index (χ2n) is 5.10. The molecule has 0 unspecified atom stereocenters. The summed E-state index contributed by atoms with van der Waals surface area (Å²) in [5.74, 6) is -2.00. The van der Waals surface area contributed by atoms with E-state index in [9.17, 15) is 22.8 Å². The van der Waals surface area contributed by atoms with E-state index in [0.717, 1.165) is 12.6 Å². The maximum absolute atomic E-state index is 12.5. The van der Waals surface area contributed by atoms with Gasteiger partial charge in [-0.25, -0.2) is 4.79 Å². The molecule has 0 aliphatic rings. The standard InChI is InChI=1S/C17H15F3N2O3/c1-22(15(23)17(18,19)20)14-9-5-8-13(10-14)21-16(24)25-11-12-6-3-2-4-7-12/h2-10H,11H2,1H3,(H,21,24). The van der Waals surface area contributed by atoms with E-state index < -0.39 is 18.2 Å².